The standard InChI is InChI=1S/C19H20N4O4/c24-19(14-22-11-1-2-12-22)21-20-13-15-3-7-17(8-4-15)27-18-9-5-16(6-10-18)23(25)26/h3-10,13H,1-2,11-12,14H2,(H,21,24)/p+1/b20-13-. The van der Waals surface area contributed by atoms with Crippen molar-refractivity contribution in [1.29, 1.82) is 0 Å². The van der Waals surface area contributed by atoms with E-state index >= 15 is 0 Å². The zero-order chi connectivity index (χ0) is 19.1. The highest BCUT2D eigenvalue weighted by atomic mass is 16.6. The number of hydrazone groups is 1. The van der Waals surface area contributed by atoms with Crippen LogP contribution >= 0.6 is 0 Å². The van der Waals surface area contributed by atoms with Gasteiger partial charge in [-0.05, 0) is 42.0 Å². The van der Waals surface area contributed by atoms with Gasteiger partial charge in [0.15, 0.2) is 6.54 Å². The number of quaternary nitrogens is 1. The van der Waals surface area contributed by atoms with Gasteiger partial charge in [-0.3, -0.25) is 14.9 Å². The van der Waals surface area contributed by atoms with Crippen LogP contribution in [-0.4, -0.2) is 36.7 Å². The summed E-state index contributed by atoms with van der Waals surface area (Å²) in [7, 11) is 0. The Balaban J connectivity index is 1.49. The molecular weight excluding hydrogens is 348 g/mol. The summed E-state index contributed by atoms with van der Waals surface area (Å²) >= 11 is 0. The van der Waals surface area contributed by atoms with Crippen LogP contribution in [-0.2, 0) is 4.79 Å². The molecule has 2 N–H and O–H groups in total. The normalized spacial score (nSPS) is 14.4. The number of carbonyl (C=O) groups excluding carboxylic acids is 1. The fourth-order valence-corrected chi connectivity index (χ4v) is 2.89. The Bertz CT molecular complexity index is 813. The van der Waals surface area contributed by atoms with Crippen molar-refractivity contribution in [3.63, 3.8) is 0 Å². The Morgan fingerprint density at radius 2 is 1.70 bits per heavy atom. The summed E-state index contributed by atoms with van der Waals surface area (Å²) in [6.07, 6.45) is 3.94. The third kappa shape index (κ3) is 5.61. The third-order valence-corrected chi connectivity index (χ3v) is 4.29. The maximum absolute atomic E-state index is 11.8. The second-order valence-corrected chi connectivity index (χ2v) is 6.35. The predicted molar refractivity (Wildman–Crippen MR) is 100 cm³/mol. The number of rotatable bonds is 7. The molecule has 0 radical (unpaired) electrons. The van der Waals surface area contributed by atoms with E-state index in [-0.39, 0.29) is 11.6 Å². The second kappa shape index (κ2) is 8.91. The van der Waals surface area contributed by atoms with Gasteiger partial charge < -0.3 is 9.64 Å². The van der Waals surface area contributed by atoms with Gasteiger partial charge in [0.05, 0.1) is 24.2 Å². The summed E-state index contributed by atoms with van der Waals surface area (Å²) in [4.78, 5) is 23.3. The first-order chi connectivity index (χ1) is 13.1. The van der Waals surface area contributed by atoms with E-state index in [0.717, 1.165) is 18.7 Å². The molecule has 3 rings (SSSR count). The van der Waals surface area contributed by atoms with Crippen molar-refractivity contribution in [3.8, 4) is 11.5 Å². The Morgan fingerprint density at radius 1 is 1.11 bits per heavy atom. The van der Waals surface area contributed by atoms with Gasteiger partial charge >= 0.3 is 0 Å². The van der Waals surface area contributed by atoms with Crippen molar-refractivity contribution >= 4 is 17.8 Å². The number of likely N-dealkylation sites (tertiary alicyclic amines) is 1. The van der Waals surface area contributed by atoms with Crippen LogP contribution in [0.15, 0.2) is 53.6 Å². The van der Waals surface area contributed by atoms with Crippen LogP contribution in [0.4, 0.5) is 5.69 Å². The van der Waals surface area contributed by atoms with Gasteiger partial charge in [0, 0.05) is 25.0 Å². The molecule has 0 spiro atoms. The molecule has 2 aromatic rings. The van der Waals surface area contributed by atoms with Crippen LogP contribution in [0, 0.1) is 10.1 Å². The number of ether oxygens (including phenoxy) is 1. The first-order valence-electron chi connectivity index (χ1n) is 8.78. The number of nitro benzene ring substituents is 1. The largest absolute Gasteiger partial charge is 0.457 e. The smallest absolute Gasteiger partial charge is 0.295 e. The molecule has 8 heteroatoms. The summed E-state index contributed by atoms with van der Waals surface area (Å²) in [6, 6.07) is 13.0. The van der Waals surface area contributed by atoms with E-state index in [1.807, 2.05) is 12.1 Å². The highest BCUT2D eigenvalue weighted by molar-refractivity contribution is 5.82. The summed E-state index contributed by atoms with van der Waals surface area (Å²) in [5, 5.41) is 14.6. The molecule has 27 heavy (non-hydrogen) atoms. The highest BCUT2D eigenvalue weighted by Gasteiger charge is 2.18. The maximum Gasteiger partial charge on any atom is 0.295 e. The minimum absolute atomic E-state index is 0.0160. The number of carbonyl (C=O) groups is 1. The number of non-ortho nitro benzene ring substituents is 1. The molecule has 0 aliphatic carbocycles. The van der Waals surface area contributed by atoms with Gasteiger partial charge in [-0.15, -0.1) is 0 Å². The lowest BCUT2D eigenvalue weighted by Gasteiger charge is -2.09. The minimum atomic E-state index is -0.455. The zero-order valence-corrected chi connectivity index (χ0v) is 14.8. The van der Waals surface area contributed by atoms with Crippen LogP contribution in [0.2, 0.25) is 0 Å². The number of benzene rings is 2. The van der Waals surface area contributed by atoms with Crippen LogP contribution in [0.1, 0.15) is 18.4 Å². The lowest BCUT2D eigenvalue weighted by Crippen LogP contribution is -3.11. The van der Waals surface area contributed by atoms with Gasteiger partial charge in [-0.2, -0.15) is 5.10 Å². The number of hydrogen-bond acceptors (Lipinski definition) is 5. The van der Waals surface area contributed by atoms with E-state index in [1.165, 1.54) is 29.9 Å². The molecule has 0 atom stereocenters. The van der Waals surface area contributed by atoms with Crippen molar-refractivity contribution in [3.05, 3.63) is 64.2 Å². The average molecular weight is 369 g/mol. The highest BCUT2D eigenvalue weighted by Crippen LogP contribution is 2.23. The zero-order valence-electron chi connectivity index (χ0n) is 14.8. The summed E-state index contributed by atoms with van der Waals surface area (Å²) in [5.41, 5.74) is 3.39. The van der Waals surface area contributed by atoms with E-state index in [1.54, 1.807) is 30.5 Å². The quantitative estimate of drug-likeness (QED) is 0.439. The first kappa shape index (κ1) is 18.5. The molecule has 140 valence electrons. The van der Waals surface area contributed by atoms with Gasteiger partial charge in [-0.25, -0.2) is 5.43 Å². The Hall–Kier alpha value is -3.26. The molecule has 2 aromatic carbocycles. The number of amides is 1. The molecule has 1 heterocycles. The van der Waals surface area contributed by atoms with E-state index in [4.69, 9.17) is 4.74 Å². The monoisotopic (exact) mass is 369 g/mol. The fraction of sp³-hybridized carbons (Fsp3) is 0.263. The lowest BCUT2D eigenvalue weighted by molar-refractivity contribution is -0.879. The maximum atomic E-state index is 11.8. The number of nitrogens with zero attached hydrogens (tertiary/aromatic N) is 2. The van der Waals surface area contributed by atoms with Crippen molar-refractivity contribution in [2.24, 2.45) is 5.10 Å². The van der Waals surface area contributed by atoms with Crippen molar-refractivity contribution in [2.75, 3.05) is 19.6 Å². The molecule has 0 saturated carbocycles. The number of nitro groups is 1. The third-order valence-electron chi connectivity index (χ3n) is 4.29. The van der Waals surface area contributed by atoms with E-state index < -0.39 is 4.92 Å². The SMILES string of the molecule is O=C(C[NH+]1CCCC1)N/N=C\c1ccc(Oc2ccc([N+](=O)[O-])cc2)cc1. The van der Waals surface area contributed by atoms with E-state index in [2.05, 4.69) is 10.5 Å². The number of nitrogens with one attached hydrogen (secondary N) is 2. The van der Waals surface area contributed by atoms with Crippen LogP contribution in [0.3, 0.4) is 0 Å². The van der Waals surface area contributed by atoms with Crippen molar-refractivity contribution in [2.45, 2.75) is 12.8 Å². The van der Waals surface area contributed by atoms with Gasteiger partial charge in [-0.1, -0.05) is 0 Å². The Morgan fingerprint density at radius 3 is 2.30 bits per heavy atom. The molecule has 1 fully saturated rings. The van der Waals surface area contributed by atoms with Crippen LogP contribution in [0.5, 0.6) is 11.5 Å². The molecule has 8 nitrogen and oxygen atoms in total. The summed E-state index contributed by atoms with van der Waals surface area (Å²) in [5.74, 6) is 1.03. The average Bonchev–Trinajstić information content (AvgIpc) is 3.16. The molecule has 1 saturated heterocycles. The molecule has 0 bridgehead atoms. The second-order valence-electron chi connectivity index (χ2n) is 6.35. The molecule has 1 amide bonds. The molecular formula is C19H21N4O4+. The van der Waals surface area contributed by atoms with Crippen LogP contribution < -0.4 is 15.1 Å². The molecule has 1 aliphatic heterocycles. The van der Waals surface area contributed by atoms with E-state index in [9.17, 15) is 14.9 Å². The van der Waals surface area contributed by atoms with Crippen molar-refractivity contribution < 1.29 is 19.4 Å². The molecule has 1 aliphatic rings. The first-order valence-corrected chi connectivity index (χ1v) is 8.78. The van der Waals surface area contributed by atoms with Crippen molar-refractivity contribution in [1.82, 2.24) is 5.43 Å². The van der Waals surface area contributed by atoms with E-state index in [0.29, 0.717) is 18.0 Å². The predicted octanol–water partition coefficient (Wildman–Crippen LogP) is 1.52. The Labute approximate surface area is 156 Å². The molecule has 0 aromatic heterocycles. The minimum Gasteiger partial charge on any atom is -0.457 e. The van der Waals surface area contributed by atoms with Crippen LogP contribution in [0.25, 0.3) is 0 Å². The lowest BCUT2D eigenvalue weighted by atomic mass is 10.2. The van der Waals surface area contributed by atoms with Gasteiger partial charge in [0.1, 0.15) is 11.5 Å². The van der Waals surface area contributed by atoms with Gasteiger partial charge in [0.2, 0.25) is 0 Å². The fourth-order valence-electron chi connectivity index (χ4n) is 2.89. The van der Waals surface area contributed by atoms with Gasteiger partial charge in [0.25, 0.3) is 11.6 Å². The Kier molecular flexibility index (Phi) is 6.11. The summed E-state index contributed by atoms with van der Waals surface area (Å²) in [6.45, 7) is 2.56. The summed E-state index contributed by atoms with van der Waals surface area (Å²) < 4.78 is 5.65. The molecule has 0 unspecified atom stereocenters. The number of hydrogen-bond donors (Lipinski definition) is 2. The topological polar surface area (TPSA) is 98.3 Å².